The molecule has 88 valence electrons. The molecule has 0 heterocycles. The number of unbranched alkanes of at least 4 members (excludes halogenated alkanes) is 3. The maximum absolute atomic E-state index is 11.1. The predicted octanol–water partition coefficient (Wildman–Crippen LogP) is 1.42. The van der Waals surface area contributed by atoms with E-state index in [1.54, 1.807) is 0 Å². The van der Waals surface area contributed by atoms with E-state index in [9.17, 15) is 9.59 Å². The molecule has 0 saturated heterocycles. The van der Waals surface area contributed by atoms with E-state index in [0.717, 1.165) is 12.8 Å². The number of esters is 1. The van der Waals surface area contributed by atoms with E-state index in [4.69, 9.17) is 10.5 Å². The monoisotopic (exact) mass is 215 g/mol. The van der Waals surface area contributed by atoms with Gasteiger partial charge in [-0.05, 0) is 12.8 Å². The van der Waals surface area contributed by atoms with Crippen LogP contribution in [0.4, 0.5) is 0 Å². The molecule has 15 heavy (non-hydrogen) atoms. The first kappa shape index (κ1) is 14.1. The lowest BCUT2D eigenvalue weighted by molar-refractivity contribution is -0.143. The SMILES string of the molecule is CCCCCCOC(=O)CC[C@H](N)C=O. The van der Waals surface area contributed by atoms with Gasteiger partial charge in [-0.15, -0.1) is 0 Å². The smallest absolute Gasteiger partial charge is 0.305 e. The standard InChI is InChI=1S/C11H21NO3/c1-2-3-4-5-8-15-11(14)7-6-10(12)9-13/h9-10H,2-8,12H2,1H3/t10-/m0/s1. The Morgan fingerprint density at radius 1 is 1.40 bits per heavy atom. The lowest BCUT2D eigenvalue weighted by Crippen LogP contribution is -2.22. The molecule has 0 aliphatic rings. The fourth-order valence-electron chi connectivity index (χ4n) is 1.14. The van der Waals surface area contributed by atoms with Crippen LogP contribution in [0, 0.1) is 0 Å². The molecule has 0 rings (SSSR count). The number of nitrogens with two attached hydrogens (primary N) is 1. The average molecular weight is 215 g/mol. The number of aldehydes is 1. The highest BCUT2D eigenvalue weighted by molar-refractivity contribution is 5.70. The summed E-state index contributed by atoms with van der Waals surface area (Å²) in [6.07, 6.45) is 5.60. The summed E-state index contributed by atoms with van der Waals surface area (Å²) in [4.78, 5) is 21.3. The second kappa shape index (κ2) is 9.65. The Balaban J connectivity index is 3.29. The van der Waals surface area contributed by atoms with Gasteiger partial charge in [0.2, 0.25) is 0 Å². The topological polar surface area (TPSA) is 69.4 Å². The zero-order chi connectivity index (χ0) is 11.5. The number of carbonyl (C=O) groups is 2. The van der Waals surface area contributed by atoms with Crippen molar-refractivity contribution >= 4 is 12.3 Å². The van der Waals surface area contributed by atoms with Crippen LogP contribution in [0.25, 0.3) is 0 Å². The molecule has 0 aromatic carbocycles. The summed E-state index contributed by atoms with van der Waals surface area (Å²) in [7, 11) is 0. The molecule has 0 aliphatic carbocycles. The van der Waals surface area contributed by atoms with Crippen LogP contribution < -0.4 is 5.73 Å². The van der Waals surface area contributed by atoms with Crippen LogP contribution in [0.1, 0.15) is 45.4 Å². The van der Waals surface area contributed by atoms with E-state index in [1.807, 2.05) is 0 Å². The maximum atomic E-state index is 11.1. The highest BCUT2D eigenvalue weighted by atomic mass is 16.5. The Bertz CT molecular complexity index is 183. The van der Waals surface area contributed by atoms with Crippen LogP contribution in [0.5, 0.6) is 0 Å². The molecule has 4 heteroatoms. The second-order valence-electron chi connectivity index (χ2n) is 3.62. The number of hydrogen-bond donors (Lipinski definition) is 1. The minimum atomic E-state index is -0.544. The third-order valence-corrected chi connectivity index (χ3v) is 2.12. The molecule has 1 atom stereocenters. The van der Waals surface area contributed by atoms with E-state index >= 15 is 0 Å². The summed E-state index contributed by atoms with van der Waals surface area (Å²) in [6, 6.07) is -0.544. The summed E-state index contributed by atoms with van der Waals surface area (Å²) in [5.41, 5.74) is 5.34. The third-order valence-electron chi connectivity index (χ3n) is 2.12. The molecule has 0 aliphatic heterocycles. The van der Waals surface area contributed by atoms with Gasteiger partial charge in [0.05, 0.1) is 12.6 Å². The van der Waals surface area contributed by atoms with Crippen molar-refractivity contribution in [2.24, 2.45) is 5.73 Å². The zero-order valence-electron chi connectivity index (χ0n) is 9.41. The largest absolute Gasteiger partial charge is 0.466 e. The molecule has 0 amide bonds. The second-order valence-corrected chi connectivity index (χ2v) is 3.62. The summed E-state index contributed by atoms with van der Waals surface area (Å²) in [6.45, 7) is 2.61. The van der Waals surface area contributed by atoms with E-state index in [-0.39, 0.29) is 12.4 Å². The number of rotatable bonds is 9. The van der Waals surface area contributed by atoms with Crippen LogP contribution >= 0.6 is 0 Å². The number of carbonyl (C=O) groups excluding carboxylic acids is 2. The summed E-state index contributed by atoms with van der Waals surface area (Å²) < 4.78 is 4.97. The minimum absolute atomic E-state index is 0.230. The quantitative estimate of drug-likeness (QED) is 0.359. The van der Waals surface area contributed by atoms with Gasteiger partial charge < -0.3 is 15.3 Å². The Kier molecular flexibility index (Phi) is 9.07. The first-order chi connectivity index (χ1) is 7.20. The van der Waals surface area contributed by atoms with Crippen molar-refractivity contribution in [3.8, 4) is 0 Å². The maximum Gasteiger partial charge on any atom is 0.305 e. The third kappa shape index (κ3) is 9.41. The molecule has 0 aromatic heterocycles. The van der Waals surface area contributed by atoms with Crippen LogP contribution in [0.2, 0.25) is 0 Å². The normalized spacial score (nSPS) is 12.1. The molecule has 0 unspecified atom stereocenters. The van der Waals surface area contributed by atoms with Crippen LogP contribution in [-0.2, 0) is 14.3 Å². The zero-order valence-corrected chi connectivity index (χ0v) is 9.41. The molecule has 0 aromatic rings. The molecular formula is C11H21NO3. The van der Waals surface area contributed by atoms with Crippen molar-refractivity contribution in [2.75, 3.05) is 6.61 Å². The fourth-order valence-corrected chi connectivity index (χ4v) is 1.14. The van der Waals surface area contributed by atoms with Gasteiger partial charge in [0.15, 0.2) is 0 Å². The first-order valence-corrected chi connectivity index (χ1v) is 5.57. The van der Waals surface area contributed by atoms with Crippen LogP contribution in [-0.4, -0.2) is 24.9 Å². The first-order valence-electron chi connectivity index (χ1n) is 5.57. The van der Waals surface area contributed by atoms with Crippen molar-refractivity contribution in [3.05, 3.63) is 0 Å². The fraction of sp³-hybridized carbons (Fsp3) is 0.818. The lowest BCUT2D eigenvalue weighted by Gasteiger charge is -2.05. The molecule has 0 saturated carbocycles. The van der Waals surface area contributed by atoms with Gasteiger partial charge in [-0.25, -0.2) is 0 Å². The molecule has 0 radical (unpaired) electrons. The molecule has 2 N–H and O–H groups in total. The Morgan fingerprint density at radius 2 is 2.13 bits per heavy atom. The van der Waals surface area contributed by atoms with E-state index in [0.29, 0.717) is 19.3 Å². The average Bonchev–Trinajstić information content (AvgIpc) is 2.25. The number of hydrogen-bond acceptors (Lipinski definition) is 4. The van der Waals surface area contributed by atoms with E-state index in [1.165, 1.54) is 12.8 Å². The van der Waals surface area contributed by atoms with Crippen molar-refractivity contribution < 1.29 is 14.3 Å². The highest BCUT2D eigenvalue weighted by Crippen LogP contribution is 2.01. The van der Waals surface area contributed by atoms with Crippen LogP contribution in [0.15, 0.2) is 0 Å². The van der Waals surface area contributed by atoms with Gasteiger partial charge in [0.25, 0.3) is 0 Å². The van der Waals surface area contributed by atoms with E-state index < -0.39 is 6.04 Å². The lowest BCUT2D eigenvalue weighted by atomic mass is 10.2. The van der Waals surface area contributed by atoms with Gasteiger partial charge in [-0.1, -0.05) is 26.2 Å². The van der Waals surface area contributed by atoms with Gasteiger partial charge in [0.1, 0.15) is 6.29 Å². The summed E-state index contributed by atoms with van der Waals surface area (Å²) in [5, 5.41) is 0. The molecule has 0 bridgehead atoms. The predicted molar refractivity (Wildman–Crippen MR) is 58.4 cm³/mol. The van der Waals surface area contributed by atoms with Crippen molar-refractivity contribution in [2.45, 2.75) is 51.5 Å². The van der Waals surface area contributed by atoms with Crippen molar-refractivity contribution in [3.63, 3.8) is 0 Å². The van der Waals surface area contributed by atoms with Gasteiger partial charge >= 0.3 is 5.97 Å². The Morgan fingerprint density at radius 3 is 2.73 bits per heavy atom. The molecular weight excluding hydrogens is 194 g/mol. The minimum Gasteiger partial charge on any atom is -0.466 e. The highest BCUT2D eigenvalue weighted by Gasteiger charge is 2.06. The van der Waals surface area contributed by atoms with Crippen LogP contribution in [0.3, 0.4) is 0 Å². The van der Waals surface area contributed by atoms with Gasteiger partial charge in [-0.2, -0.15) is 0 Å². The van der Waals surface area contributed by atoms with Gasteiger partial charge in [0, 0.05) is 6.42 Å². The number of ether oxygens (including phenoxy) is 1. The molecule has 4 nitrogen and oxygen atoms in total. The summed E-state index contributed by atoms with van der Waals surface area (Å²) in [5.74, 6) is -0.260. The van der Waals surface area contributed by atoms with Gasteiger partial charge in [-0.3, -0.25) is 4.79 Å². The molecule has 0 spiro atoms. The Labute approximate surface area is 91.2 Å². The Hall–Kier alpha value is -0.900. The molecule has 0 fully saturated rings. The van der Waals surface area contributed by atoms with E-state index in [2.05, 4.69) is 6.92 Å². The van der Waals surface area contributed by atoms with Crippen molar-refractivity contribution in [1.82, 2.24) is 0 Å². The van der Waals surface area contributed by atoms with Crippen molar-refractivity contribution in [1.29, 1.82) is 0 Å². The summed E-state index contributed by atoms with van der Waals surface area (Å²) >= 11 is 0.